The maximum Gasteiger partial charge on any atom is 0.251 e. The molecule has 2 amide bonds. The second kappa shape index (κ2) is 8.15. The SMILES string of the molecule is CCCC(N)C(=O)Nc1cc(C(=O)NC2CC2)ccc1C.Cl. The monoisotopic (exact) mass is 325 g/mol. The average molecular weight is 326 g/mol. The zero-order chi connectivity index (χ0) is 15.4. The molecule has 2 rings (SSSR count). The summed E-state index contributed by atoms with van der Waals surface area (Å²) in [4.78, 5) is 24.0. The van der Waals surface area contributed by atoms with E-state index in [1.165, 1.54) is 0 Å². The van der Waals surface area contributed by atoms with Crippen molar-refractivity contribution in [1.82, 2.24) is 5.32 Å². The third-order valence-electron chi connectivity index (χ3n) is 3.61. The van der Waals surface area contributed by atoms with Crippen molar-refractivity contribution in [2.24, 2.45) is 5.73 Å². The summed E-state index contributed by atoms with van der Waals surface area (Å²) in [5.41, 5.74) is 7.93. The van der Waals surface area contributed by atoms with Gasteiger partial charge in [0.2, 0.25) is 5.91 Å². The van der Waals surface area contributed by atoms with Gasteiger partial charge in [-0.15, -0.1) is 12.4 Å². The second-order valence-electron chi connectivity index (χ2n) is 5.66. The first-order valence-electron chi connectivity index (χ1n) is 7.49. The van der Waals surface area contributed by atoms with Crippen LogP contribution in [0.15, 0.2) is 18.2 Å². The van der Waals surface area contributed by atoms with Gasteiger partial charge in [-0.05, 0) is 43.9 Å². The molecule has 1 atom stereocenters. The molecule has 6 heteroatoms. The van der Waals surface area contributed by atoms with Gasteiger partial charge in [0.1, 0.15) is 0 Å². The van der Waals surface area contributed by atoms with E-state index in [0.29, 0.717) is 23.7 Å². The summed E-state index contributed by atoms with van der Waals surface area (Å²) >= 11 is 0. The Bertz CT molecular complexity index is 544. The molecule has 0 spiro atoms. The summed E-state index contributed by atoms with van der Waals surface area (Å²) in [6.07, 6.45) is 3.60. The quantitative estimate of drug-likeness (QED) is 0.750. The van der Waals surface area contributed by atoms with E-state index < -0.39 is 6.04 Å². The third-order valence-corrected chi connectivity index (χ3v) is 3.61. The normalized spacial score (nSPS) is 14.7. The molecule has 0 aliphatic heterocycles. The van der Waals surface area contributed by atoms with E-state index in [2.05, 4.69) is 10.6 Å². The topological polar surface area (TPSA) is 84.2 Å². The van der Waals surface area contributed by atoms with Crippen molar-refractivity contribution in [1.29, 1.82) is 0 Å². The number of carbonyl (C=O) groups excluding carboxylic acids is 2. The highest BCUT2D eigenvalue weighted by Crippen LogP contribution is 2.21. The van der Waals surface area contributed by atoms with Gasteiger partial charge in [-0.1, -0.05) is 19.4 Å². The van der Waals surface area contributed by atoms with Crippen LogP contribution in [0.4, 0.5) is 5.69 Å². The molecule has 0 radical (unpaired) electrons. The van der Waals surface area contributed by atoms with Crippen molar-refractivity contribution in [3.8, 4) is 0 Å². The highest BCUT2D eigenvalue weighted by molar-refractivity contribution is 5.99. The highest BCUT2D eigenvalue weighted by Gasteiger charge is 2.24. The molecule has 1 saturated carbocycles. The fraction of sp³-hybridized carbons (Fsp3) is 0.500. The van der Waals surface area contributed by atoms with Gasteiger partial charge in [-0.3, -0.25) is 9.59 Å². The number of nitrogens with two attached hydrogens (primary N) is 1. The predicted molar refractivity (Wildman–Crippen MR) is 90.4 cm³/mol. The number of hydrogen-bond acceptors (Lipinski definition) is 3. The Morgan fingerprint density at radius 3 is 2.64 bits per heavy atom. The third kappa shape index (κ3) is 5.00. The van der Waals surface area contributed by atoms with E-state index in [1.54, 1.807) is 12.1 Å². The minimum absolute atomic E-state index is 0. The van der Waals surface area contributed by atoms with E-state index in [9.17, 15) is 9.59 Å². The summed E-state index contributed by atoms with van der Waals surface area (Å²) < 4.78 is 0. The van der Waals surface area contributed by atoms with Crippen LogP contribution in [-0.2, 0) is 4.79 Å². The maximum atomic E-state index is 12.0. The van der Waals surface area contributed by atoms with Crippen molar-refractivity contribution in [2.45, 2.75) is 51.6 Å². The zero-order valence-electron chi connectivity index (χ0n) is 13.0. The largest absolute Gasteiger partial charge is 0.349 e. The molecule has 1 fully saturated rings. The lowest BCUT2D eigenvalue weighted by Gasteiger charge is -2.14. The van der Waals surface area contributed by atoms with Gasteiger partial charge >= 0.3 is 0 Å². The van der Waals surface area contributed by atoms with E-state index in [4.69, 9.17) is 5.73 Å². The molecule has 0 bridgehead atoms. The number of rotatable bonds is 6. The molecule has 1 aliphatic carbocycles. The number of amides is 2. The number of anilines is 1. The number of nitrogens with one attached hydrogen (secondary N) is 2. The Kier molecular flexibility index (Phi) is 6.84. The molecule has 0 saturated heterocycles. The van der Waals surface area contributed by atoms with E-state index >= 15 is 0 Å². The van der Waals surface area contributed by atoms with Gasteiger partial charge in [0.25, 0.3) is 5.91 Å². The molecule has 1 unspecified atom stereocenters. The van der Waals surface area contributed by atoms with Crippen LogP contribution < -0.4 is 16.4 Å². The van der Waals surface area contributed by atoms with Crippen molar-refractivity contribution in [2.75, 3.05) is 5.32 Å². The molecule has 122 valence electrons. The van der Waals surface area contributed by atoms with Crippen LogP contribution in [-0.4, -0.2) is 23.9 Å². The minimum atomic E-state index is -0.515. The minimum Gasteiger partial charge on any atom is -0.349 e. The van der Waals surface area contributed by atoms with Crippen LogP contribution in [0, 0.1) is 6.92 Å². The molecule has 1 aromatic rings. The molecule has 0 heterocycles. The summed E-state index contributed by atoms with van der Waals surface area (Å²) in [7, 11) is 0. The van der Waals surface area contributed by atoms with Gasteiger partial charge in [0.15, 0.2) is 0 Å². The highest BCUT2D eigenvalue weighted by atomic mass is 35.5. The van der Waals surface area contributed by atoms with Crippen LogP contribution in [0.5, 0.6) is 0 Å². The zero-order valence-corrected chi connectivity index (χ0v) is 13.8. The van der Waals surface area contributed by atoms with Crippen molar-refractivity contribution in [3.63, 3.8) is 0 Å². The van der Waals surface area contributed by atoms with Gasteiger partial charge < -0.3 is 16.4 Å². The van der Waals surface area contributed by atoms with E-state index in [-0.39, 0.29) is 24.2 Å². The summed E-state index contributed by atoms with van der Waals surface area (Å²) in [6, 6.07) is 5.12. The Balaban J connectivity index is 0.00000242. The Morgan fingerprint density at radius 2 is 2.05 bits per heavy atom. The average Bonchev–Trinajstić information content (AvgIpc) is 3.25. The number of hydrogen-bond donors (Lipinski definition) is 3. The number of benzene rings is 1. The molecule has 5 nitrogen and oxygen atoms in total. The van der Waals surface area contributed by atoms with Gasteiger partial charge in [-0.2, -0.15) is 0 Å². The number of halogens is 1. The number of carbonyl (C=O) groups is 2. The summed E-state index contributed by atoms with van der Waals surface area (Å²) in [5, 5.41) is 5.75. The molecule has 1 aliphatic rings. The van der Waals surface area contributed by atoms with Gasteiger partial charge in [0.05, 0.1) is 6.04 Å². The predicted octanol–water partition coefficient (Wildman–Crippen LogP) is 2.37. The maximum absolute atomic E-state index is 12.0. The molecule has 4 N–H and O–H groups in total. The van der Waals surface area contributed by atoms with E-state index in [1.807, 2.05) is 19.9 Å². The molecule has 1 aromatic carbocycles. The van der Waals surface area contributed by atoms with Crippen molar-refractivity contribution < 1.29 is 9.59 Å². The Hall–Kier alpha value is -1.59. The molecule has 0 aromatic heterocycles. The Labute approximate surface area is 137 Å². The van der Waals surface area contributed by atoms with Crippen LogP contribution in [0.2, 0.25) is 0 Å². The first-order valence-corrected chi connectivity index (χ1v) is 7.49. The lowest BCUT2D eigenvalue weighted by molar-refractivity contribution is -0.117. The Morgan fingerprint density at radius 1 is 1.36 bits per heavy atom. The van der Waals surface area contributed by atoms with Crippen LogP contribution in [0.25, 0.3) is 0 Å². The molecular weight excluding hydrogens is 302 g/mol. The molecule has 22 heavy (non-hydrogen) atoms. The van der Waals surface area contributed by atoms with Crippen LogP contribution >= 0.6 is 12.4 Å². The van der Waals surface area contributed by atoms with Gasteiger partial charge in [0, 0.05) is 17.3 Å². The lowest BCUT2D eigenvalue weighted by Crippen LogP contribution is -2.35. The summed E-state index contributed by atoms with van der Waals surface area (Å²) in [6.45, 7) is 3.88. The summed E-state index contributed by atoms with van der Waals surface area (Å²) in [5.74, 6) is -0.300. The second-order valence-corrected chi connectivity index (χ2v) is 5.66. The van der Waals surface area contributed by atoms with Crippen molar-refractivity contribution >= 4 is 29.9 Å². The smallest absolute Gasteiger partial charge is 0.251 e. The van der Waals surface area contributed by atoms with Crippen molar-refractivity contribution in [3.05, 3.63) is 29.3 Å². The lowest BCUT2D eigenvalue weighted by atomic mass is 10.1. The molecular formula is C16H24ClN3O2. The number of aryl methyl sites for hydroxylation is 1. The van der Waals surface area contributed by atoms with Crippen LogP contribution in [0.3, 0.4) is 0 Å². The van der Waals surface area contributed by atoms with E-state index in [0.717, 1.165) is 24.8 Å². The first kappa shape index (κ1) is 18.5. The standard InChI is InChI=1S/C16H23N3O2.ClH/c1-3-4-13(17)16(21)19-14-9-11(6-5-10(14)2)15(20)18-12-7-8-12;/h5-6,9,12-13H,3-4,7-8,17H2,1-2H3,(H,18,20)(H,19,21);1H. The fourth-order valence-electron chi connectivity index (χ4n) is 2.06. The first-order chi connectivity index (χ1) is 10.0. The van der Waals surface area contributed by atoms with Gasteiger partial charge in [-0.25, -0.2) is 0 Å². The fourth-order valence-corrected chi connectivity index (χ4v) is 2.06. The van der Waals surface area contributed by atoms with Crippen LogP contribution in [0.1, 0.15) is 48.5 Å².